The number of carbonyl (C=O) groups excluding carboxylic acids is 1. The molecule has 0 saturated carbocycles. The van der Waals surface area contributed by atoms with Crippen LogP contribution in [0.1, 0.15) is 10.4 Å². The Bertz CT molecular complexity index is 1100. The number of ketones is 1. The first kappa shape index (κ1) is 17.2. The van der Waals surface area contributed by atoms with Gasteiger partial charge in [-0.15, -0.1) is 16.8 Å². The number of nitrogens with zero attached hydrogens (tertiary/aromatic N) is 4. The minimum Gasteiger partial charge on any atom is -0.360 e. The van der Waals surface area contributed by atoms with Gasteiger partial charge in [0, 0.05) is 47.2 Å². The van der Waals surface area contributed by atoms with Crippen molar-refractivity contribution in [2.75, 3.05) is 5.75 Å². The van der Waals surface area contributed by atoms with Crippen LogP contribution in [0, 0.1) is 0 Å². The zero-order chi connectivity index (χ0) is 18.6. The molecule has 3 aromatic heterocycles. The summed E-state index contributed by atoms with van der Waals surface area (Å²) >= 11 is 1.38. The first-order chi connectivity index (χ1) is 13.3. The Morgan fingerprint density at radius 3 is 2.81 bits per heavy atom. The van der Waals surface area contributed by atoms with E-state index in [9.17, 15) is 4.79 Å². The molecule has 134 valence electrons. The van der Waals surface area contributed by atoms with Crippen LogP contribution >= 0.6 is 11.8 Å². The van der Waals surface area contributed by atoms with Crippen molar-refractivity contribution >= 4 is 28.4 Å². The maximum atomic E-state index is 12.7. The molecular weight excluding hydrogens is 358 g/mol. The Kier molecular flexibility index (Phi) is 4.84. The Labute approximate surface area is 160 Å². The van der Waals surface area contributed by atoms with Gasteiger partial charge in [-0.3, -0.25) is 14.3 Å². The number of aromatic amines is 1. The lowest BCUT2D eigenvalue weighted by molar-refractivity contribution is 0.102. The summed E-state index contributed by atoms with van der Waals surface area (Å²) in [5.41, 5.74) is 2.58. The first-order valence-corrected chi connectivity index (χ1v) is 9.43. The van der Waals surface area contributed by atoms with Crippen LogP contribution in [0.3, 0.4) is 0 Å². The van der Waals surface area contributed by atoms with Gasteiger partial charge in [-0.1, -0.05) is 36.0 Å². The maximum Gasteiger partial charge on any atom is 0.192 e. The molecule has 27 heavy (non-hydrogen) atoms. The summed E-state index contributed by atoms with van der Waals surface area (Å²) in [7, 11) is 0. The van der Waals surface area contributed by atoms with Crippen molar-refractivity contribution in [1.82, 2.24) is 24.7 Å². The van der Waals surface area contributed by atoms with E-state index in [4.69, 9.17) is 0 Å². The fourth-order valence-electron chi connectivity index (χ4n) is 2.91. The van der Waals surface area contributed by atoms with E-state index < -0.39 is 0 Å². The van der Waals surface area contributed by atoms with Crippen molar-refractivity contribution in [2.45, 2.75) is 11.7 Å². The predicted octanol–water partition coefficient (Wildman–Crippen LogP) is 3.98. The third-order valence-electron chi connectivity index (χ3n) is 4.19. The van der Waals surface area contributed by atoms with Gasteiger partial charge in [0.15, 0.2) is 16.8 Å². The van der Waals surface area contributed by atoms with E-state index in [1.54, 1.807) is 24.7 Å². The van der Waals surface area contributed by atoms with Crippen LogP contribution in [-0.2, 0) is 6.54 Å². The topological polar surface area (TPSA) is 76.5 Å². The molecule has 0 amide bonds. The highest BCUT2D eigenvalue weighted by Gasteiger charge is 2.17. The maximum absolute atomic E-state index is 12.7. The SMILES string of the molecule is C=CCn1c(SCC(=O)c2c[nH]c3ccccc23)nnc1-c1ccncc1. The molecule has 7 heteroatoms. The lowest BCUT2D eigenvalue weighted by atomic mass is 10.1. The number of pyridine rings is 1. The number of hydrogen-bond acceptors (Lipinski definition) is 5. The average Bonchev–Trinajstić information content (AvgIpc) is 3.31. The molecule has 0 unspecified atom stereocenters. The molecule has 6 nitrogen and oxygen atoms in total. The van der Waals surface area contributed by atoms with Crippen LogP contribution in [0.4, 0.5) is 0 Å². The largest absolute Gasteiger partial charge is 0.360 e. The van der Waals surface area contributed by atoms with E-state index in [-0.39, 0.29) is 11.5 Å². The number of fused-ring (bicyclic) bond motifs is 1. The Morgan fingerprint density at radius 1 is 1.19 bits per heavy atom. The molecule has 0 saturated heterocycles. The average molecular weight is 375 g/mol. The molecule has 0 fully saturated rings. The number of nitrogens with one attached hydrogen (secondary N) is 1. The van der Waals surface area contributed by atoms with Gasteiger partial charge in [0.25, 0.3) is 0 Å². The van der Waals surface area contributed by atoms with Crippen LogP contribution in [0.2, 0.25) is 0 Å². The minimum atomic E-state index is 0.0519. The molecule has 0 aliphatic carbocycles. The van der Waals surface area contributed by atoms with Gasteiger partial charge in [0.05, 0.1) is 5.75 Å². The molecule has 0 atom stereocenters. The lowest BCUT2D eigenvalue weighted by Gasteiger charge is -2.07. The summed E-state index contributed by atoms with van der Waals surface area (Å²) in [5.74, 6) is 1.07. The summed E-state index contributed by atoms with van der Waals surface area (Å²) in [6, 6.07) is 11.6. The molecular formula is C20H17N5OS. The molecule has 1 aromatic carbocycles. The van der Waals surface area contributed by atoms with E-state index >= 15 is 0 Å². The van der Waals surface area contributed by atoms with E-state index in [0.717, 1.165) is 22.3 Å². The molecule has 0 aliphatic heterocycles. The van der Waals surface area contributed by atoms with Gasteiger partial charge < -0.3 is 4.98 Å². The highest BCUT2D eigenvalue weighted by atomic mass is 32.2. The molecule has 4 rings (SSSR count). The second-order valence-electron chi connectivity index (χ2n) is 5.90. The van der Waals surface area contributed by atoms with E-state index in [2.05, 4.69) is 26.7 Å². The lowest BCUT2D eigenvalue weighted by Crippen LogP contribution is -2.05. The van der Waals surface area contributed by atoms with Crippen molar-refractivity contribution in [3.8, 4) is 11.4 Å². The zero-order valence-corrected chi connectivity index (χ0v) is 15.3. The molecule has 1 N–H and O–H groups in total. The Morgan fingerprint density at radius 2 is 2.00 bits per heavy atom. The second kappa shape index (κ2) is 7.59. The van der Waals surface area contributed by atoms with Crippen LogP contribution < -0.4 is 0 Å². The number of carbonyl (C=O) groups is 1. The number of benzene rings is 1. The summed E-state index contributed by atoms with van der Waals surface area (Å²) in [6.45, 7) is 4.38. The van der Waals surface area contributed by atoms with E-state index in [0.29, 0.717) is 17.3 Å². The van der Waals surface area contributed by atoms with Gasteiger partial charge in [0.2, 0.25) is 0 Å². The summed E-state index contributed by atoms with van der Waals surface area (Å²) in [4.78, 5) is 19.9. The number of allylic oxidation sites excluding steroid dienone is 1. The Hall–Kier alpha value is -3.19. The fraction of sp³-hybridized carbons (Fsp3) is 0.100. The number of rotatable bonds is 7. The molecule has 4 aromatic rings. The Balaban J connectivity index is 1.57. The van der Waals surface area contributed by atoms with Gasteiger partial charge in [0.1, 0.15) is 0 Å². The number of Topliss-reactive ketones (excluding diaryl/α,β-unsaturated/α-hetero) is 1. The third-order valence-corrected chi connectivity index (χ3v) is 5.16. The summed E-state index contributed by atoms with van der Waals surface area (Å²) in [5, 5.41) is 10.2. The van der Waals surface area contributed by atoms with E-state index in [1.165, 1.54) is 11.8 Å². The van der Waals surface area contributed by atoms with Crippen molar-refractivity contribution in [3.05, 3.63) is 73.2 Å². The third kappa shape index (κ3) is 3.41. The number of hydrogen-bond donors (Lipinski definition) is 1. The van der Waals surface area contributed by atoms with Gasteiger partial charge in [-0.25, -0.2) is 0 Å². The summed E-state index contributed by atoms with van der Waals surface area (Å²) in [6.07, 6.45) is 7.00. The molecule has 0 bridgehead atoms. The zero-order valence-electron chi connectivity index (χ0n) is 14.5. The van der Waals surface area contributed by atoms with Gasteiger partial charge in [-0.2, -0.15) is 0 Å². The molecule has 0 radical (unpaired) electrons. The quantitative estimate of drug-likeness (QED) is 0.300. The van der Waals surface area contributed by atoms with Crippen LogP contribution in [-0.4, -0.2) is 36.3 Å². The highest BCUT2D eigenvalue weighted by molar-refractivity contribution is 7.99. The first-order valence-electron chi connectivity index (χ1n) is 8.44. The van der Waals surface area contributed by atoms with Crippen LogP contribution in [0.5, 0.6) is 0 Å². The molecule has 3 heterocycles. The standard InChI is InChI=1S/C20H17N5OS/c1-2-11-25-19(14-7-9-21-10-8-14)23-24-20(25)27-13-18(26)16-12-22-17-6-4-3-5-15(16)17/h2-10,12,22H,1,11,13H2. The normalized spacial score (nSPS) is 11.0. The number of thioether (sulfide) groups is 1. The number of H-pyrrole nitrogens is 1. The number of para-hydroxylation sites is 1. The molecule has 0 spiro atoms. The fourth-order valence-corrected chi connectivity index (χ4v) is 3.74. The second-order valence-corrected chi connectivity index (χ2v) is 6.84. The van der Waals surface area contributed by atoms with Crippen molar-refractivity contribution in [2.24, 2.45) is 0 Å². The monoisotopic (exact) mass is 375 g/mol. The minimum absolute atomic E-state index is 0.0519. The smallest absolute Gasteiger partial charge is 0.192 e. The number of aromatic nitrogens is 5. The van der Waals surface area contributed by atoms with Crippen molar-refractivity contribution in [1.29, 1.82) is 0 Å². The highest BCUT2D eigenvalue weighted by Crippen LogP contribution is 2.25. The van der Waals surface area contributed by atoms with E-state index in [1.807, 2.05) is 41.0 Å². The van der Waals surface area contributed by atoms with Crippen LogP contribution in [0.15, 0.2) is 72.8 Å². The van der Waals surface area contributed by atoms with Gasteiger partial charge in [-0.05, 0) is 18.2 Å². The predicted molar refractivity (Wildman–Crippen MR) is 107 cm³/mol. The van der Waals surface area contributed by atoms with Crippen molar-refractivity contribution in [3.63, 3.8) is 0 Å². The van der Waals surface area contributed by atoms with Gasteiger partial charge >= 0.3 is 0 Å². The summed E-state index contributed by atoms with van der Waals surface area (Å²) < 4.78 is 1.95. The van der Waals surface area contributed by atoms with Crippen molar-refractivity contribution < 1.29 is 4.79 Å². The molecule has 0 aliphatic rings. The van der Waals surface area contributed by atoms with Crippen LogP contribution in [0.25, 0.3) is 22.3 Å².